The fraction of sp³-hybridized carbons (Fsp3) is 0.250. The van der Waals surface area contributed by atoms with Crippen LogP contribution >= 0.6 is 12.4 Å². The molecule has 0 radical (unpaired) electrons. The van der Waals surface area contributed by atoms with E-state index in [4.69, 9.17) is 9.47 Å². The van der Waals surface area contributed by atoms with Gasteiger partial charge in [0, 0.05) is 13.1 Å². The molecule has 0 bridgehead atoms. The number of rotatable bonds is 6. The molecule has 0 atom stereocenters. The number of phenolic OH excluding ortho intramolecular Hbond substituents is 2. The van der Waals surface area contributed by atoms with E-state index in [0.29, 0.717) is 24.6 Å². The molecule has 0 saturated carbocycles. The molecule has 0 unspecified atom stereocenters. The summed E-state index contributed by atoms with van der Waals surface area (Å²) in [6.07, 6.45) is 0. The van der Waals surface area contributed by atoms with Crippen molar-refractivity contribution >= 4 is 12.4 Å². The van der Waals surface area contributed by atoms with Crippen LogP contribution in [-0.4, -0.2) is 24.4 Å². The van der Waals surface area contributed by atoms with Crippen molar-refractivity contribution < 1.29 is 19.7 Å². The van der Waals surface area contributed by atoms with Crippen LogP contribution in [0.4, 0.5) is 0 Å². The van der Waals surface area contributed by atoms with Gasteiger partial charge >= 0.3 is 0 Å². The molecule has 0 aromatic heterocycles. The third kappa shape index (κ3) is 4.44. The molecule has 0 heterocycles. The maximum Gasteiger partial charge on any atom is 0.160 e. The number of nitrogens with one attached hydrogen (secondary N) is 1. The van der Waals surface area contributed by atoms with Gasteiger partial charge in [-0.15, -0.1) is 12.4 Å². The Morgan fingerprint density at radius 3 is 1.59 bits per heavy atom. The Morgan fingerprint density at radius 1 is 0.818 bits per heavy atom. The second kappa shape index (κ2) is 8.36. The fourth-order valence-corrected chi connectivity index (χ4v) is 2.02. The Hall–Kier alpha value is -2.11. The highest BCUT2D eigenvalue weighted by atomic mass is 35.5. The van der Waals surface area contributed by atoms with Crippen LogP contribution in [0.25, 0.3) is 0 Å². The Balaban J connectivity index is 0.00000242. The van der Waals surface area contributed by atoms with Crippen molar-refractivity contribution in [1.82, 2.24) is 5.32 Å². The van der Waals surface area contributed by atoms with Gasteiger partial charge in [-0.25, -0.2) is 0 Å². The molecular formula is C16H20ClNO4. The molecular weight excluding hydrogens is 306 g/mol. The van der Waals surface area contributed by atoms with Crippen molar-refractivity contribution in [3.8, 4) is 23.0 Å². The smallest absolute Gasteiger partial charge is 0.160 e. The van der Waals surface area contributed by atoms with E-state index in [-0.39, 0.29) is 23.9 Å². The van der Waals surface area contributed by atoms with Crippen molar-refractivity contribution in [3.05, 3.63) is 47.5 Å². The first-order valence-electron chi connectivity index (χ1n) is 6.56. The first-order chi connectivity index (χ1) is 10.1. The van der Waals surface area contributed by atoms with Gasteiger partial charge in [0.2, 0.25) is 0 Å². The first kappa shape index (κ1) is 17.9. The van der Waals surface area contributed by atoms with E-state index >= 15 is 0 Å². The van der Waals surface area contributed by atoms with Gasteiger partial charge < -0.3 is 25.0 Å². The number of hydrogen-bond donors (Lipinski definition) is 3. The summed E-state index contributed by atoms with van der Waals surface area (Å²) in [4.78, 5) is 0. The summed E-state index contributed by atoms with van der Waals surface area (Å²) in [5, 5.41) is 22.4. The molecule has 0 saturated heterocycles. The summed E-state index contributed by atoms with van der Waals surface area (Å²) in [5.41, 5.74) is 2.02. The molecule has 2 rings (SSSR count). The van der Waals surface area contributed by atoms with Crippen LogP contribution in [0.3, 0.4) is 0 Å². The highest BCUT2D eigenvalue weighted by molar-refractivity contribution is 5.85. The number of halogens is 1. The minimum absolute atomic E-state index is 0. The van der Waals surface area contributed by atoms with Gasteiger partial charge in [0.05, 0.1) is 14.2 Å². The normalized spacial score (nSPS) is 9.91. The molecule has 0 fully saturated rings. The average Bonchev–Trinajstić information content (AvgIpc) is 2.50. The topological polar surface area (TPSA) is 71.0 Å². The van der Waals surface area contributed by atoms with Gasteiger partial charge in [0.1, 0.15) is 0 Å². The summed E-state index contributed by atoms with van der Waals surface area (Å²) in [6.45, 7) is 1.28. The first-order valence-corrected chi connectivity index (χ1v) is 6.56. The number of hydrogen-bond acceptors (Lipinski definition) is 5. The van der Waals surface area contributed by atoms with Crippen molar-refractivity contribution in [1.29, 1.82) is 0 Å². The summed E-state index contributed by atoms with van der Waals surface area (Å²) in [6, 6.07) is 10.5. The molecule has 6 heteroatoms. The monoisotopic (exact) mass is 325 g/mol. The van der Waals surface area contributed by atoms with Crippen molar-refractivity contribution in [2.45, 2.75) is 13.1 Å². The number of benzene rings is 2. The maximum atomic E-state index is 9.54. The lowest BCUT2D eigenvalue weighted by molar-refractivity contribution is 0.372. The van der Waals surface area contributed by atoms with Gasteiger partial charge in [0.15, 0.2) is 23.0 Å². The zero-order valence-corrected chi connectivity index (χ0v) is 13.3. The molecule has 0 spiro atoms. The largest absolute Gasteiger partial charge is 0.504 e. The average molecular weight is 326 g/mol. The van der Waals surface area contributed by atoms with Gasteiger partial charge in [-0.1, -0.05) is 12.1 Å². The van der Waals surface area contributed by atoms with Gasteiger partial charge in [-0.05, 0) is 35.4 Å². The SMILES string of the molecule is COc1cc(CNCc2ccc(O)c(OC)c2)ccc1O.Cl. The molecule has 2 aromatic carbocycles. The highest BCUT2D eigenvalue weighted by Gasteiger charge is 2.04. The van der Waals surface area contributed by atoms with Crippen molar-refractivity contribution in [2.24, 2.45) is 0 Å². The maximum absolute atomic E-state index is 9.54. The lowest BCUT2D eigenvalue weighted by Gasteiger charge is -2.09. The second-order valence-corrected chi connectivity index (χ2v) is 4.62. The molecule has 120 valence electrons. The van der Waals surface area contributed by atoms with Crippen LogP contribution in [0.5, 0.6) is 23.0 Å². The van der Waals surface area contributed by atoms with Crippen LogP contribution in [-0.2, 0) is 13.1 Å². The molecule has 0 aliphatic carbocycles. The van der Waals surface area contributed by atoms with Gasteiger partial charge in [-0.3, -0.25) is 0 Å². The van der Waals surface area contributed by atoms with Gasteiger partial charge in [-0.2, -0.15) is 0 Å². The summed E-state index contributed by atoms with van der Waals surface area (Å²) in [7, 11) is 3.05. The number of methoxy groups -OCH3 is 2. The van der Waals surface area contributed by atoms with Crippen molar-refractivity contribution in [3.63, 3.8) is 0 Å². The minimum Gasteiger partial charge on any atom is -0.504 e. The van der Waals surface area contributed by atoms with E-state index in [1.807, 2.05) is 12.1 Å². The predicted octanol–water partition coefficient (Wildman–Crippen LogP) is 2.83. The van der Waals surface area contributed by atoms with E-state index in [9.17, 15) is 10.2 Å². The number of aromatic hydroxyl groups is 2. The Morgan fingerprint density at radius 2 is 1.23 bits per heavy atom. The van der Waals surface area contributed by atoms with E-state index < -0.39 is 0 Å². The molecule has 22 heavy (non-hydrogen) atoms. The second-order valence-electron chi connectivity index (χ2n) is 4.62. The van der Waals surface area contributed by atoms with E-state index in [1.54, 1.807) is 24.3 Å². The van der Waals surface area contributed by atoms with Crippen LogP contribution in [0, 0.1) is 0 Å². The summed E-state index contributed by atoms with van der Waals surface area (Å²) >= 11 is 0. The van der Waals surface area contributed by atoms with E-state index in [0.717, 1.165) is 11.1 Å². The summed E-state index contributed by atoms with van der Waals surface area (Å²) < 4.78 is 10.1. The number of phenols is 2. The Labute approximate surface area is 135 Å². The zero-order chi connectivity index (χ0) is 15.2. The molecule has 3 N–H and O–H groups in total. The Bertz CT molecular complexity index is 566. The third-order valence-electron chi connectivity index (χ3n) is 3.15. The molecule has 0 aliphatic rings. The van der Waals surface area contributed by atoms with Crippen molar-refractivity contribution in [2.75, 3.05) is 14.2 Å². The predicted molar refractivity (Wildman–Crippen MR) is 87.1 cm³/mol. The lowest BCUT2D eigenvalue weighted by atomic mass is 10.1. The quantitative estimate of drug-likeness (QED) is 0.762. The third-order valence-corrected chi connectivity index (χ3v) is 3.15. The standard InChI is InChI=1S/C16H19NO4.ClH/c1-20-15-7-11(3-5-13(15)18)9-17-10-12-4-6-14(19)16(8-12)21-2;/h3-8,17-19H,9-10H2,1-2H3;1H. The van der Waals surface area contributed by atoms with Crippen LogP contribution in [0.1, 0.15) is 11.1 Å². The van der Waals surface area contributed by atoms with Gasteiger partial charge in [0.25, 0.3) is 0 Å². The molecule has 0 amide bonds. The molecule has 5 nitrogen and oxygen atoms in total. The zero-order valence-electron chi connectivity index (χ0n) is 12.5. The number of ether oxygens (including phenoxy) is 2. The van der Waals surface area contributed by atoms with Crippen LogP contribution in [0.15, 0.2) is 36.4 Å². The molecule has 0 aliphatic heterocycles. The summed E-state index contributed by atoms with van der Waals surface area (Å²) in [5.74, 6) is 1.18. The molecule has 2 aromatic rings. The van der Waals surface area contributed by atoms with E-state index in [2.05, 4.69) is 5.32 Å². The fourth-order valence-electron chi connectivity index (χ4n) is 2.02. The lowest BCUT2D eigenvalue weighted by Crippen LogP contribution is -2.12. The van der Waals surface area contributed by atoms with Crippen LogP contribution in [0.2, 0.25) is 0 Å². The Kier molecular flexibility index (Phi) is 6.82. The van der Waals surface area contributed by atoms with E-state index in [1.165, 1.54) is 14.2 Å². The van der Waals surface area contributed by atoms with Crippen LogP contribution < -0.4 is 14.8 Å². The highest BCUT2D eigenvalue weighted by Crippen LogP contribution is 2.27. The minimum atomic E-state index is 0.